The van der Waals surface area contributed by atoms with Crippen molar-refractivity contribution in [3.05, 3.63) is 35.9 Å². The molecule has 1 aromatic carbocycles. The van der Waals surface area contributed by atoms with Crippen LogP contribution in [0.2, 0.25) is 0 Å². The third-order valence-electron chi connectivity index (χ3n) is 4.60. The molecule has 0 saturated heterocycles. The summed E-state index contributed by atoms with van der Waals surface area (Å²) in [5.74, 6) is 0.126. The monoisotopic (exact) mass is 319 g/mol. The van der Waals surface area contributed by atoms with E-state index < -0.39 is 6.10 Å². The van der Waals surface area contributed by atoms with Crippen molar-refractivity contribution >= 4 is 5.91 Å². The second kappa shape index (κ2) is 11.2. The first-order chi connectivity index (χ1) is 11.1. The summed E-state index contributed by atoms with van der Waals surface area (Å²) < 4.78 is 0. The molecule has 0 aliphatic rings. The second-order valence-corrected chi connectivity index (χ2v) is 6.47. The lowest BCUT2D eigenvalue weighted by Crippen LogP contribution is -2.38. The fourth-order valence-corrected chi connectivity index (χ4v) is 2.78. The lowest BCUT2D eigenvalue weighted by molar-refractivity contribution is -0.134. The Morgan fingerprint density at radius 1 is 1.04 bits per heavy atom. The van der Waals surface area contributed by atoms with Crippen LogP contribution in [-0.2, 0) is 4.79 Å². The Bertz CT molecular complexity index is 433. The van der Waals surface area contributed by atoms with Crippen LogP contribution in [0.15, 0.2) is 30.3 Å². The van der Waals surface area contributed by atoms with Crippen molar-refractivity contribution in [3.63, 3.8) is 0 Å². The van der Waals surface area contributed by atoms with Gasteiger partial charge in [0.15, 0.2) is 0 Å². The summed E-state index contributed by atoms with van der Waals surface area (Å²) in [4.78, 5) is 14.0. The summed E-state index contributed by atoms with van der Waals surface area (Å²) in [6, 6.07) is 9.33. The van der Waals surface area contributed by atoms with Crippen LogP contribution in [-0.4, -0.2) is 29.0 Å². The zero-order valence-electron chi connectivity index (χ0n) is 15.0. The Kier molecular flexibility index (Phi) is 9.61. The van der Waals surface area contributed by atoms with Crippen LogP contribution in [0.5, 0.6) is 0 Å². The van der Waals surface area contributed by atoms with E-state index in [1.165, 1.54) is 32.1 Å². The molecule has 0 unspecified atom stereocenters. The highest BCUT2D eigenvalue weighted by Gasteiger charge is 2.23. The smallest absolute Gasteiger partial charge is 0.222 e. The largest absolute Gasteiger partial charge is 0.386 e. The highest BCUT2D eigenvalue weighted by atomic mass is 16.3. The summed E-state index contributed by atoms with van der Waals surface area (Å²) >= 11 is 0. The number of likely N-dealkylation sites (N-methyl/N-ethyl adjacent to an activating group) is 1. The van der Waals surface area contributed by atoms with E-state index in [-0.39, 0.29) is 11.9 Å². The van der Waals surface area contributed by atoms with Gasteiger partial charge >= 0.3 is 0 Å². The van der Waals surface area contributed by atoms with Crippen molar-refractivity contribution in [2.45, 2.75) is 77.4 Å². The molecule has 1 aromatic rings. The normalized spacial score (nSPS) is 13.6. The summed E-state index contributed by atoms with van der Waals surface area (Å²) in [7, 11) is 1.79. The standard InChI is InChI=1S/C20H33NO2/c1-4-5-6-7-8-9-13-16-19(22)21(3)17(2)20(23)18-14-11-10-12-15-18/h10-12,14-15,17,20,23H,4-9,13,16H2,1-3H3/t17-,20+/m0/s1. The van der Waals surface area contributed by atoms with Crippen molar-refractivity contribution in [2.75, 3.05) is 7.05 Å². The Morgan fingerprint density at radius 3 is 2.22 bits per heavy atom. The lowest BCUT2D eigenvalue weighted by atomic mass is 10.0. The molecule has 0 radical (unpaired) electrons. The number of hydrogen-bond acceptors (Lipinski definition) is 2. The molecule has 0 fully saturated rings. The number of benzene rings is 1. The maximum atomic E-state index is 12.3. The van der Waals surface area contributed by atoms with Gasteiger partial charge in [0.25, 0.3) is 0 Å². The average molecular weight is 319 g/mol. The molecule has 3 heteroatoms. The number of carbonyl (C=O) groups excluding carboxylic acids is 1. The van der Waals surface area contributed by atoms with Crippen LogP contribution in [0.1, 0.15) is 76.9 Å². The Balaban J connectivity index is 2.29. The molecule has 0 aliphatic carbocycles. The zero-order chi connectivity index (χ0) is 17.1. The minimum absolute atomic E-state index is 0.126. The van der Waals surface area contributed by atoms with E-state index in [1.807, 2.05) is 37.3 Å². The van der Waals surface area contributed by atoms with E-state index in [2.05, 4.69) is 6.92 Å². The number of aliphatic hydroxyl groups is 1. The number of unbranched alkanes of at least 4 members (excludes halogenated alkanes) is 6. The van der Waals surface area contributed by atoms with Crippen molar-refractivity contribution in [2.24, 2.45) is 0 Å². The number of hydrogen-bond donors (Lipinski definition) is 1. The second-order valence-electron chi connectivity index (χ2n) is 6.47. The zero-order valence-corrected chi connectivity index (χ0v) is 15.0. The number of carbonyl (C=O) groups is 1. The molecular formula is C20H33NO2. The minimum atomic E-state index is -0.640. The van der Waals surface area contributed by atoms with Gasteiger partial charge in [-0.2, -0.15) is 0 Å². The number of aliphatic hydroxyl groups excluding tert-OH is 1. The Hall–Kier alpha value is -1.35. The topological polar surface area (TPSA) is 40.5 Å². The molecule has 0 aliphatic heterocycles. The highest BCUT2D eigenvalue weighted by molar-refractivity contribution is 5.76. The molecule has 0 bridgehead atoms. The van der Waals surface area contributed by atoms with Crippen LogP contribution in [0, 0.1) is 0 Å². The van der Waals surface area contributed by atoms with Gasteiger partial charge in [-0.25, -0.2) is 0 Å². The average Bonchev–Trinajstić information content (AvgIpc) is 2.59. The maximum absolute atomic E-state index is 12.3. The molecule has 0 saturated carbocycles. The number of rotatable bonds is 11. The molecule has 0 heterocycles. The van der Waals surface area contributed by atoms with E-state index in [0.717, 1.165) is 18.4 Å². The van der Waals surface area contributed by atoms with Gasteiger partial charge in [0, 0.05) is 13.5 Å². The van der Waals surface area contributed by atoms with Gasteiger partial charge < -0.3 is 10.0 Å². The Morgan fingerprint density at radius 2 is 1.61 bits per heavy atom. The van der Waals surface area contributed by atoms with Gasteiger partial charge in [-0.05, 0) is 18.9 Å². The highest BCUT2D eigenvalue weighted by Crippen LogP contribution is 2.20. The van der Waals surface area contributed by atoms with Crippen molar-refractivity contribution in [1.82, 2.24) is 4.90 Å². The van der Waals surface area contributed by atoms with Crippen molar-refractivity contribution < 1.29 is 9.90 Å². The molecule has 0 spiro atoms. The number of nitrogens with zero attached hydrogens (tertiary/aromatic N) is 1. The first kappa shape index (κ1) is 19.7. The summed E-state index contributed by atoms with van der Waals surface area (Å²) in [6.07, 6.45) is 8.41. The van der Waals surface area contributed by atoms with Crippen molar-refractivity contribution in [1.29, 1.82) is 0 Å². The molecule has 1 rings (SSSR count). The van der Waals surface area contributed by atoms with Crippen LogP contribution in [0.4, 0.5) is 0 Å². The minimum Gasteiger partial charge on any atom is -0.386 e. The van der Waals surface area contributed by atoms with Crippen molar-refractivity contribution in [3.8, 4) is 0 Å². The van der Waals surface area contributed by atoms with E-state index in [4.69, 9.17) is 0 Å². The Labute approximate surface area is 141 Å². The van der Waals surface area contributed by atoms with E-state index >= 15 is 0 Å². The molecule has 3 nitrogen and oxygen atoms in total. The quantitative estimate of drug-likeness (QED) is 0.600. The molecule has 2 atom stereocenters. The van der Waals surface area contributed by atoms with Gasteiger partial charge in [0.2, 0.25) is 5.91 Å². The summed E-state index contributed by atoms with van der Waals surface area (Å²) in [6.45, 7) is 4.12. The van der Waals surface area contributed by atoms with Crippen LogP contribution < -0.4 is 0 Å². The van der Waals surface area contributed by atoms with Gasteiger partial charge in [0.05, 0.1) is 12.1 Å². The predicted octanol–water partition coefficient (Wildman–Crippen LogP) is 4.71. The van der Waals surface area contributed by atoms with Gasteiger partial charge in [-0.1, -0.05) is 75.8 Å². The lowest BCUT2D eigenvalue weighted by Gasteiger charge is -2.29. The SMILES string of the molecule is CCCCCCCCCC(=O)N(C)[C@@H](C)[C@@H](O)c1ccccc1. The first-order valence-corrected chi connectivity index (χ1v) is 9.06. The van der Waals surface area contributed by atoms with Crippen LogP contribution >= 0.6 is 0 Å². The molecule has 1 N–H and O–H groups in total. The van der Waals surface area contributed by atoms with E-state index in [1.54, 1.807) is 11.9 Å². The first-order valence-electron chi connectivity index (χ1n) is 9.06. The summed E-state index contributed by atoms with van der Waals surface area (Å²) in [5.41, 5.74) is 0.857. The van der Waals surface area contributed by atoms with Crippen LogP contribution in [0.25, 0.3) is 0 Å². The molecule has 1 amide bonds. The van der Waals surface area contributed by atoms with Gasteiger partial charge in [-0.3, -0.25) is 4.79 Å². The maximum Gasteiger partial charge on any atom is 0.222 e. The summed E-state index contributed by atoms with van der Waals surface area (Å²) in [5, 5.41) is 10.4. The van der Waals surface area contributed by atoms with E-state index in [0.29, 0.717) is 6.42 Å². The third kappa shape index (κ3) is 7.17. The molecular weight excluding hydrogens is 286 g/mol. The fourth-order valence-electron chi connectivity index (χ4n) is 2.78. The molecule has 130 valence electrons. The van der Waals surface area contributed by atoms with Crippen LogP contribution in [0.3, 0.4) is 0 Å². The predicted molar refractivity (Wildman–Crippen MR) is 96.2 cm³/mol. The molecule has 0 aromatic heterocycles. The van der Waals surface area contributed by atoms with Gasteiger partial charge in [0.1, 0.15) is 0 Å². The fraction of sp³-hybridized carbons (Fsp3) is 0.650. The number of amides is 1. The van der Waals surface area contributed by atoms with E-state index in [9.17, 15) is 9.90 Å². The molecule has 23 heavy (non-hydrogen) atoms. The third-order valence-corrected chi connectivity index (χ3v) is 4.60. The van der Waals surface area contributed by atoms with Gasteiger partial charge in [-0.15, -0.1) is 0 Å².